The summed E-state index contributed by atoms with van der Waals surface area (Å²) in [7, 11) is 1.34. The molecule has 1 aromatic heterocycles. The topological polar surface area (TPSA) is 125 Å². The van der Waals surface area contributed by atoms with Crippen molar-refractivity contribution in [3.63, 3.8) is 0 Å². The van der Waals surface area contributed by atoms with E-state index >= 15 is 0 Å². The smallest absolute Gasteiger partial charge is 0.333 e. The second kappa shape index (κ2) is 7.64. The van der Waals surface area contributed by atoms with E-state index in [0.717, 1.165) is 0 Å². The Labute approximate surface area is 107 Å². The van der Waals surface area contributed by atoms with Crippen LogP contribution in [0.2, 0.25) is 0 Å². The van der Waals surface area contributed by atoms with Crippen molar-refractivity contribution in [2.45, 2.75) is 6.92 Å². The van der Waals surface area contributed by atoms with Crippen LogP contribution in [0.15, 0.2) is 39.2 Å². The van der Waals surface area contributed by atoms with Crippen molar-refractivity contribution in [1.82, 2.24) is 15.0 Å². The van der Waals surface area contributed by atoms with Gasteiger partial charge in [-0.1, -0.05) is 19.6 Å². The van der Waals surface area contributed by atoms with Crippen LogP contribution in [-0.2, 0) is 9.53 Å². The number of allylic oxidation sites excluding steroid dienone is 1. The van der Waals surface area contributed by atoms with E-state index < -0.39 is 17.1 Å². The van der Waals surface area contributed by atoms with Crippen molar-refractivity contribution in [3.05, 3.63) is 56.3 Å². The number of aromatic nitrogens is 3. The third-order valence-electron chi connectivity index (χ3n) is 2.03. The molecule has 0 aromatic carbocycles. The number of esters is 1. The SMILES string of the molecule is C=CC(C)C(=C)C(=O)OC.O=c1[nH]c(=O)[nH]c(=O)[nH]1. The van der Waals surface area contributed by atoms with Gasteiger partial charge in [0.2, 0.25) is 0 Å². The summed E-state index contributed by atoms with van der Waals surface area (Å²) in [5, 5.41) is 0. The average Bonchev–Trinajstić information content (AvgIpc) is 2.35. The molecule has 19 heavy (non-hydrogen) atoms. The number of aromatic amines is 3. The second-order valence-corrected chi connectivity index (χ2v) is 3.40. The highest BCUT2D eigenvalue weighted by molar-refractivity contribution is 5.88. The maximum atomic E-state index is 10.7. The summed E-state index contributed by atoms with van der Waals surface area (Å²) in [5.41, 5.74) is -1.96. The highest BCUT2D eigenvalue weighted by Gasteiger charge is 2.10. The molecule has 3 N–H and O–H groups in total. The van der Waals surface area contributed by atoms with Crippen LogP contribution >= 0.6 is 0 Å². The van der Waals surface area contributed by atoms with E-state index in [4.69, 9.17) is 0 Å². The molecular weight excluding hydrogens is 254 g/mol. The number of hydrogen-bond acceptors (Lipinski definition) is 5. The first kappa shape index (κ1) is 16.4. The molecule has 1 aromatic rings. The summed E-state index contributed by atoms with van der Waals surface area (Å²) in [4.78, 5) is 46.6. The molecule has 0 aliphatic carbocycles. The number of ether oxygens (including phenoxy) is 1. The van der Waals surface area contributed by atoms with E-state index in [2.05, 4.69) is 17.9 Å². The lowest BCUT2D eigenvalue weighted by Gasteiger charge is -2.06. The minimum Gasteiger partial charge on any atom is -0.466 e. The van der Waals surface area contributed by atoms with Crippen LogP contribution in [-0.4, -0.2) is 28.0 Å². The van der Waals surface area contributed by atoms with Crippen LogP contribution < -0.4 is 17.1 Å². The quantitative estimate of drug-likeness (QED) is 0.380. The van der Waals surface area contributed by atoms with Gasteiger partial charge >= 0.3 is 23.0 Å². The van der Waals surface area contributed by atoms with Gasteiger partial charge < -0.3 is 4.74 Å². The summed E-state index contributed by atoms with van der Waals surface area (Å²) >= 11 is 0. The molecule has 104 valence electrons. The van der Waals surface area contributed by atoms with E-state index in [0.29, 0.717) is 5.57 Å². The lowest BCUT2D eigenvalue weighted by Crippen LogP contribution is -2.34. The van der Waals surface area contributed by atoms with Crippen LogP contribution in [0.25, 0.3) is 0 Å². The Morgan fingerprint density at radius 3 is 1.79 bits per heavy atom. The number of nitrogens with one attached hydrogen (secondary N) is 3. The third-order valence-corrected chi connectivity index (χ3v) is 2.03. The van der Waals surface area contributed by atoms with Crippen molar-refractivity contribution >= 4 is 5.97 Å². The number of methoxy groups -OCH3 is 1. The molecule has 0 aliphatic rings. The molecule has 0 fully saturated rings. The Morgan fingerprint density at radius 2 is 1.53 bits per heavy atom. The first-order chi connectivity index (χ1) is 8.81. The Hall–Kier alpha value is -2.64. The normalized spacial score (nSPS) is 10.6. The Bertz CT molecular complexity index is 543. The van der Waals surface area contributed by atoms with Crippen LogP contribution in [0.1, 0.15) is 6.92 Å². The number of rotatable bonds is 3. The van der Waals surface area contributed by atoms with Gasteiger partial charge in [0.15, 0.2) is 0 Å². The molecule has 0 bridgehead atoms. The van der Waals surface area contributed by atoms with Gasteiger partial charge in [0, 0.05) is 11.5 Å². The van der Waals surface area contributed by atoms with Gasteiger partial charge in [-0.3, -0.25) is 15.0 Å². The number of H-pyrrole nitrogens is 3. The zero-order valence-electron chi connectivity index (χ0n) is 10.6. The van der Waals surface area contributed by atoms with Crippen molar-refractivity contribution in [2.75, 3.05) is 7.11 Å². The molecule has 0 saturated heterocycles. The lowest BCUT2D eigenvalue weighted by molar-refractivity contribution is -0.136. The first-order valence-corrected chi connectivity index (χ1v) is 5.14. The van der Waals surface area contributed by atoms with Crippen molar-refractivity contribution < 1.29 is 9.53 Å². The molecule has 0 aliphatic heterocycles. The maximum absolute atomic E-state index is 10.7. The Kier molecular flexibility index (Phi) is 6.58. The lowest BCUT2D eigenvalue weighted by atomic mass is 10.0. The van der Waals surface area contributed by atoms with Gasteiger partial charge in [-0.25, -0.2) is 19.2 Å². The summed E-state index contributed by atoms with van der Waals surface area (Å²) in [6.45, 7) is 8.92. The molecule has 0 amide bonds. The predicted molar refractivity (Wildman–Crippen MR) is 68.8 cm³/mol. The van der Waals surface area contributed by atoms with E-state index in [-0.39, 0.29) is 11.9 Å². The Balaban J connectivity index is 0.000000342. The molecule has 0 spiro atoms. The molecule has 1 unspecified atom stereocenters. The fourth-order valence-corrected chi connectivity index (χ4v) is 0.862. The highest BCUT2D eigenvalue weighted by Crippen LogP contribution is 2.09. The number of hydrogen-bond donors (Lipinski definition) is 3. The largest absolute Gasteiger partial charge is 0.466 e. The molecule has 0 saturated carbocycles. The van der Waals surface area contributed by atoms with Crippen LogP contribution in [0.3, 0.4) is 0 Å². The molecule has 1 rings (SSSR count). The zero-order valence-corrected chi connectivity index (χ0v) is 10.6. The summed E-state index contributed by atoms with van der Waals surface area (Å²) < 4.78 is 4.45. The van der Waals surface area contributed by atoms with Crippen molar-refractivity contribution in [2.24, 2.45) is 5.92 Å². The monoisotopic (exact) mass is 269 g/mol. The maximum Gasteiger partial charge on any atom is 0.333 e. The number of carbonyl (C=O) groups excluding carboxylic acids is 1. The van der Waals surface area contributed by atoms with Gasteiger partial charge in [0.25, 0.3) is 0 Å². The third kappa shape index (κ3) is 6.01. The highest BCUT2D eigenvalue weighted by atomic mass is 16.5. The van der Waals surface area contributed by atoms with Crippen LogP contribution in [0, 0.1) is 5.92 Å². The molecule has 1 atom stereocenters. The van der Waals surface area contributed by atoms with Gasteiger partial charge in [-0.15, -0.1) is 6.58 Å². The van der Waals surface area contributed by atoms with Gasteiger partial charge in [-0.05, 0) is 0 Å². The van der Waals surface area contributed by atoms with Crippen LogP contribution in [0.5, 0.6) is 0 Å². The van der Waals surface area contributed by atoms with E-state index in [1.165, 1.54) is 7.11 Å². The second-order valence-electron chi connectivity index (χ2n) is 3.40. The standard InChI is InChI=1S/C8H12O2.C3H3N3O3/c1-5-6(2)7(3)8(9)10-4;7-1-4-2(8)6-3(9)5-1/h5-6H,1,3H2,2,4H3;(H3,4,5,6,7,8,9). The predicted octanol–water partition coefficient (Wildman–Crippen LogP) is -0.711. The fourth-order valence-electron chi connectivity index (χ4n) is 0.862. The summed E-state index contributed by atoms with van der Waals surface area (Å²) in [6.07, 6.45) is 1.65. The zero-order chi connectivity index (χ0) is 15.0. The minimum atomic E-state index is -0.802. The average molecular weight is 269 g/mol. The van der Waals surface area contributed by atoms with Crippen molar-refractivity contribution in [3.8, 4) is 0 Å². The van der Waals surface area contributed by atoms with E-state index in [9.17, 15) is 19.2 Å². The van der Waals surface area contributed by atoms with Gasteiger partial charge in [-0.2, -0.15) is 0 Å². The van der Waals surface area contributed by atoms with E-state index in [1.54, 1.807) is 21.0 Å². The molecular formula is C11H15N3O5. The molecule has 8 heteroatoms. The number of carbonyl (C=O) groups is 1. The van der Waals surface area contributed by atoms with Gasteiger partial charge in [0.05, 0.1) is 7.11 Å². The Morgan fingerprint density at radius 1 is 1.16 bits per heavy atom. The molecule has 0 radical (unpaired) electrons. The molecule has 8 nitrogen and oxygen atoms in total. The molecule has 1 heterocycles. The van der Waals surface area contributed by atoms with Gasteiger partial charge in [0.1, 0.15) is 0 Å². The minimum absolute atomic E-state index is 0.00699. The first-order valence-electron chi connectivity index (χ1n) is 5.14. The van der Waals surface area contributed by atoms with Crippen LogP contribution in [0.4, 0.5) is 0 Å². The van der Waals surface area contributed by atoms with Crippen molar-refractivity contribution in [1.29, 1.82) is 0 Å². The summed E-state index contributed by atoms with van der Waals surface area (Å²) in [6, 6.07) is 0. The fraction of sp³-hybridized carbons (Fsp3) is 0.273. The van der Waals surface area contributed by atoms with E-state index in [1.807, 2.05) is 6.92 Å². The summed E-state index contributed by atoms with van der Waals surface area (Å²) in [5.74, 6) is -0.375.